The van der Waals surface area contributed by atoms with Crippen LogP contribution in [0.3, 0.4) is 0 Å². The van der Waals surface area contributed by atoms with E-state index in [0.29, 0.717) is 28.3 Å². The third-order valence-electron chi connectivity index (χ3n) is 3.63. The molecule has 0 amide bonds. The van der Waals surface area contributed by atoms with Crippen LogP contribution in [0.2, 0.25) is 0 Å². The van der Waals surface area contributed by atoms with Gasteiger partial charge >= 0.3 is 6.09 Å². The van der Waals surface area contributed by atoms with Gasteiger partial charge in [-0.1, -0.05) is 6.07 Å². The Morgan fingerprint density at radius 1 is 1.38 bits per heavy atom. The number of nitrogens with zero attached hydrogens (tertiary/aromatic N) is 1. The summed E-state index contributed by atoms with van der Waals surface area (Å²) in [5.74, 6) is 0. The number of alkyl halides is 2. The number of fused-ring (bicyclic) bond motifs is 1. The maximum atomic E-state index is 12.5. The lowest BCUT2D eigenvalue weighted by Gasteiger charge is -2.20. The first kappa shape index (κ1) is 18.1. The molecule has 1 aromatic carbocycles. The van der Waals surface area contributed by atoms with Crippen molar-refractivity contribution >= 4 is 23.3 Å². The van der Waals surface area contributed by atoms with Crippen molar-refractivity contribution in [2.45, 2.75) is 52.6 Å². The van der Waals surface area contributed by atoms with Crippen LogP contribution in [-0.2, 0) is 11.2 Å². The number of hydrogen-bond donors (Lipinski definition) is 0. The summed E-state index contributed by atoms with van der Waals surface area (Å²) in [7, 11) is 0. The normalized spacial score (nSPS) is 12.0. The Morgan fingerprint density at radius 3 is 2.58 bits per heavy atom. The number of rotatable bonds is 4. The molecule has 0 atom stereocenters. The number of carbonyl (C=O) groups is 2. The Labute approximate surface area is 139 Å². The van der Waals surface area contributed by atoms with Gasteiger partial charge in [0.05, 0.1) is 5.52 Å². The van der Waals surface area contributed by atoms with Gasteiger partial charge in [-0.15, -0.1) is 0 Å². The number of hydrogen-bond acceptors (Lipinski definition) is 3. The van der Waals surface area contributed by atoms with Crippen LogP contribution in [0.25, 0.3) is 10.9 Å². The average molecular weight is 337 g/mol. The number of benzene rings is 1. The minimum absolute atomic E-state index is 0.111. The number of halogens is 2. The van der Waals surface area contributed by atoms with Crippen LogP contribution in [-0.4, -0.2) is 29.0 Å². The summed E-state index contributed by atoms with van der Waals surface area (Å²) in [5, 5.41) is 0.570. The molecule has 0 aliphatic carbocycles. The minimum Gasteiger partial charge on any atom is -0.443 e. The molecule has 0 saturated heterocycles. The Hall–Kier alpha value is -2.24. The van der Waals surface area contributed by atoms with Crippen molar-refractivity contribution in [2.24, 2.45) is 0 Å². The Balaban J connectivity index is 2.53. The maximum absolute atomic E-state index is 12.5. The molecule has 0 fully saturated rings. The molecular weight excluding hydrogens is 316 g/mol. The SMILES string of the molecule is Cc1cc(CCC(F)F)c(C=O)c2ccn(C(=O)OC(C)(C)C)c12. The molecule has 130 valence electrons. The van der Waals surface area contributed by atoms with Gasteiger partial charge in [-0.25, -0.2) is 13.6 Å². The van der Waals surface area contributed by atoms with Crippen LogP contribution in [0.4, 0.5) is 13.6 Å². The zero-order chi connectivity index (χ0) is 18.1. The van der Waals surface area contributed by atoms with Crippen molar-refractivity contribution < 1.29 is 23.1 Å². The van der Waals surface area contributed by atoms with Crippen LogP contribution in [0.15, 0.2) is 18.3 Å². The molecular formula is C18H21F2NO3. The van der Waals surface area contributed by atoms with Crippen molar-refractivity contribution in [2.75, 3.05) is 0 Å². The van der Waals surface area contributed by atoms with Crippen molar-refractivity contribution in [3.05, 3.63) is 35.0 Å². The van der Waals surface area contributed by atoms with Gasteiger partial charge in [0.2, 0.25) is 6.43 Å². The van der Waals surface area contributed by atoms with E-state index in [2.05, 4.69) is 0 Å². The second-order valence-corrected chi connectivity index (χ2v) is 6.74. The Bertz CT molecular complexity index is 773. The third-order valence-corrected chi connectivity index (χ3v) is 3.63. The second kappa shape index (κ2) is 6.71. The highest BCUT2D eigenvalue weighted by atomic mass is 19.3. The van der Waals surface area contributed by atoms with Gasteiger partial charge in [0.1, 0.15) is 5.60 Å². The van der Waals surface area contributed by atoms with Crippen LogP contribution in [0, 0.1) is 6.92 Å². The zero-order valence-electron chi connectivity index (χ0n) is 14.2. The van der Waals surface area contributed by atoms with E-state index >= 15 is 0 Å². The van der Waals surface area contributed by atoms with E-state index in [1.165, 1.54) is 10.8 Å². The van der Waals surface area contributed by atoms with Gasteiger partial charge in [0, 0.05) is 23.6 Å². The minimum atomic E-state index is -2.42. The lowest BCUT2D eigenvalue weighted by atomic mass is 9.97. The first-order valence-electron chi connectivity index (χ1n) is 7.74. The Morgan fingerprint density at radius 2 is 2.04 bits per heavy atom. The highest BCUT2D eigenvalue weighted by molar-refractivity contribution is 6.02. The first-order chi connectivity index (χ1) is 11.1. The predicted molar refractivity (Wildman–Crippen MR) is 88.0 cm³/mol. The molecule has 0 unspecified atom stereocenters. The second-order valence-electron chi connectivity index (χ2n) is 6.74. The summed E-state index contributed by atoms with van der Waals surface area (Å²) in [5.41, 5.74) is 1.56. The number of aldehydes is 1. The fourth-order valence-electron chi connectivity index (χ4n) is 2.71. The first-order valence-corrected chi connectivity index (χ1v) is 7.74. The largest absolute Gasteiger partial charge is 0.443 e. The average Bonchev–Trinajstić information content (AvgIpc) is 2.88. The predicted octanol–water partition coefficient (Wildman–Crippen LogP) is 4.74. The molecule has 24 heavy (non-hydrogen) atoms. The van der Waals surface area contributed by atoms with E-state index in [1.54, 1.807) is 39.8 Å². The lowest BCUT2D eigenvalue weighted by Crippen LogP contribution is -2.26. The van der Waals surface area contributed by atoms with Crippen LogP contribution in [0.1, 0.15) is 48.7 Å². The standard InChI is InChI=1S/C18H21F2NO3/c1-11-9-12(5-6-15(19)20)14(10-22)13-7-8-21(16(11)13)17(23)24-18(2,3)4/h7-10,15H,5-6H2,1-4H3. The van der Waals surface area contributed by atoms with E-state index < -0.39 is 18.1 Å². The van der Waals surface area contributed by atoms with Crippen molar-refractivity contribution in [1.29, 1.82) is 0 Å². The van der Waals surface area contributed by atoms with Crippen molar-refractivity contribution in [1.82, 2.24) is 4.57 Å². The fraction of sp³-hybridized carbons (Fsp3) is 0.444. The summed E-state index contributed by atoms with van der Waals surface area (Å²) >= 11 is 0. The molecule has 2 rings (SSSR count). The van der Waals surface area contributed by atoms with E-state index in [9.17, 15) is 18.4 Å². The molecule has 0 aliphatic heterocycles. The summed E-state index contributed by atoms with van der Waals surface area (Å²) < 4.78 is 31.7. The summed E-state index contributed by atoms with van der Waals surface area (Å²) in [6.45, 7) is 7.08. The third kappa shape index (κ3) is 3.80. The van der Waals surface area contributed by atoms with Crippen molar-refractivity contribution in [3.63, 3.8) is 0 Å². The molecule has 1 aromatic heterocycles. The molecule has 6 heteroatoms. The quantitative estimate of drug-likeness (QED) is 0.757. The van der Waals surface area contributed by atoms with Gasteiger partial charge in [-0.3, -0.25) is 9.36 Å². The molecule has 0 aliphatic rings. The lowest BCUT2D eigenvalue weighted by molar-refractivity contribution is 0.0544. The molecule has 0 spiro atoms. The molecule has 0 N–H and O–H groups in total. The van der Waals surface area contributed by atoms with Crippen molar-refractivity contribution in [3.8, 4) is 0 Å². The molecule has 1 heterocycles. The molecule has 0 bridgehead atoms. The van der Waals surface area contributed by atoms with Crippen LogP contribution >= 0.6 is 0 Å². The summed E-state index contributed by atoms with van der Waals surface area (Å²) in [6, 6.07) is 3.33. The van der Waals surface area contributed by atoms with Crippen LogP contribution < -0.4 is 0 Å². The Kier molecular flexibility index (Phi) is 5.06. The van der Waals surface area contributed by atoms with Gasteiger partial charge in [-0.05, 0) is 51.3 Å². The monoisotopic (exact) mass is 337 g/mol. The topological polar surface area (TPSA) is 48.3 Å². The number of aromatic nitrogens is 1. The number of aryl methyl sites for hydroxylation is 2. The molecule has 0 radical (unpaired) electrons. The maximum Gasteiger partial charge on any atom is 0.419 e. The van der Waals surface area contributed by atoms with E-state index in [-0.39, 0.29) is 12.8 Å². The highest BCUT2D eigenvalue weighted by Gasteiger charge is 2.21. The number of ether oxygens (including phenoxy) is 1. The van der Waals surface area contributed by atoms with E-state index in [4.69, 9.17) is 4.74 Å². The van der Waals surface area contributed by atoms with Gasteiger partial charge in [0.15, 0.2) is 6.29 Å². The fourth-order valence-corrected chi connectivity index (χ4v) is 2.71. The molecule has 0 saturated carbocycles. The van der Waals surface area contributed by atoms with E-state index in [0.717, 1.165) is 5.56 Å². The van der Waals surface area contributed by atoms with Gasteiger partial charge < -0.3 is 4.74 Å². The van der Waals surface area contributed by atoms with Gasteiger partial charge in [-0.2, -0.15) is 0 Å². The zero-order valence-corrected chi connectivity index (χ0v) is 14.2. The summed E-state index contributed by atoms with van der Waals surface area (Å²) in [6.07, 6.45) is -0.972. The van der Waals surface area contributed by atoms with Crippen LogP contribution in [0.5, 0.6) is 0 Å². The smallest absolute Gasteiger partial charge is 0.419 e. The summed E-state index contributed by atoms with van der Waals surface area (Å²) in [4.78, 5) is 23.8. The van der Waals surface area contributed by atoms with Gasteiger partial charge in [0.25, 0.3) is 0 Å². The molecule has 4 nitrogen and oxygen atoms in total. The van der Waals surface area contributed by atoms with E-state index in [1.807, 2.05) is 0 Å². The highest BCUT2D eigenvalue weighted by Crippen LogP contribution is 2.28. The number of carbonyl (C=O) groups excluding carboxylic acids is 2. The molecule has 2 aromatic rings.